The van der Waals surface area contributed by atoms with E-state index in [2.05, 4.69) is 144 Å². The summed E-state index contributed by atoms with van der Waals surface area (Å²) in [5.41, 5.74) is 9.34. The van der Waals surface area contributed by atoms with E-state index in [4.69, 9.17) is 9.97 Å². The summed E-state index contributed by atoms with van der Waals surface area (Å²) in [6, 6.07) is 50.5. The summed E-state index contributed by atoms with van der Waals surface area (Å²) >= 11 is 1.75. The first-order valence-electron chi connectivity index (χ1n) is 15.6. The maximum absolute atomic E-state index is 5.46. The average Bonchev–Trinajstić information content (AvgIpc) is 3.61. The minimum atomic E-state index is 0.698. The van der Waals surface area contributed by atoms with E-state index < -0.39 is 0 Å². The zero-order chi connectivity index (χ0) is 29.9. The van der Waals surface area contributed by atoms with Gasteiger partial charge in [-0.2, -0.15) is 0 Å². The van der Waals surface area contributed by atoms with Gasteiger partial charge in [-0.25, -0.2) is 9.97 Å². The van der Waals surface area contributed by atoms with Crippen LogP contribution in [0.2, 0.25) is 0 Å². The lowest BCUT2D eigenvalue weighted by Crippen LogP contribution is -2.02. The molecule has 0 unspecified atom stereocenters. The molecule has 0 atom stereocenters. The fourth-order valence-corrected chi connectivity index (χ4v) is 8.92. The molecule has 0 radical (unpaired) electrons. The molecular formula is C42H23N3S. The van der Waals surface area contributed by atoms with E-state index in [1.807, 2.05) is 0 Å². The van der Waals surface area contributed by atoms with E-state index in [0.717, 1.165) is 32.5 Å². The van der Waals surface area contributed by atoms with Gasteiger partial charge in [-0.15, -0.1) is 11.3 Å². The molecular weight excluding hydrogens is 579 g/mol. The molecule has 0 fully saturated rings. The van der Waals surface area contributed by atoms with Crippen molar-refractivity contribution in [3.05, 3.63) is 140 Å². The Balaban J connectivity index is 1.30. The highest BCUT2D eigenvalue weighted by Gasteiger charge is 2.26. The van der Waals surface area contributed by atoms with Crippen LogP contribution in [0.5, 0.6) is 0 Å². The standard InChI is InChI=1S/C42H23N3S/c1-2-10-25(11-3-1)40-39-32-22-26-12-4-5-13-27(26)23-35(32)46-41(39)44-42(43-40)45-33-20-8-18-30-28-16-6-14-24-15-7-17-29(36(24)28)31-19-9-21-34(45)38(31)37(30)33/h1-23H. The fraction of sp³-hybridized carbons (Fsp3) is 0. The zero-order valence-corrected chi connectivity index (χ0v) is 25.3. The molecule has 0 saturated carbocycles. The quantitative estimate of drug-likeness (QED) is 0.197. The molecule has 46 heavy (non-hydrogen) atoms. The Bertz CT molecular complexity index is 2820. The van der Waals surface area contributed by atoms with Gasteiger partial charge in [0.05, 0.1) is 16.7 Å². The smallest absolute Gasteiger partial charge is 0.236 e. The summed E-state index contributed by atoms with van der Waals surface area (Å²) in [5.74, 6) is 0.698. The van der Waals surface area contributed by atoms with Crippen LogP contribution >= 0.6 is 11.3 Å². The van der Waals surface area contributed by atoms with Crippen LogP contribution in [0.3, 0.4) is 0 Å². The van der Waals surface area contributed by atoms with E-state index in [1.165, 1.54) is 64.7 Å². The molecule has 0 aliphatic heterocycles. The Labute approximate surface area is 267 Å². The van der Waals surface area contributed by atoms with E-state index in [-0.39, 0.29) is 0 Å². The van der Waals surface area contributed by atoms with E-state index in [9.17, 15) is 0 Å². The Morgan fingerprint density at radius 2 is 1.02 bits per heavy atom. The number of benzene rings is 7. The molecule has 3 nitrogen and oxygen atoms in total. The molecule has 4 heteroatoms. The Morgan fingerprint density at radius 1 is 0.457 bits per heavy atom. The number of hydrogen-bond donors (Lipinski definition) is 0. The molecule has 10 aromatic rings. The predicted octanol–water partition coefficient (Wildman–Crippen LogP) is 11.6. The maximum Gasteiger partial charge on any atom is 0.236 e. The number of nitrogens with zero attached hydrogens (tertiary/aromatic N) is 3. The van der Waals surface area contributed by atoms with Crippen LogP contribution in [0.15, 0.2) is 140 Å². The molecule has 3 heterocycles. The molecule has 1 aliphatic carbocycles. The first-order chi connectivity index (χ1) is 22.8. The SMILES string of the molecule is c1ccc(-c2nc(-n3c4cccc5c4c4c(cccc43)-c3cccc4cccc-5c34)nc3sc4cc5ccccc5cc4c23)cc1. The Kier molecular flexibility index (Phi) is 4.72. The van der Waals surface area contributed by atoms with Crippen molar-refractivity contribution in [1.29, 1.82) is 0 Å². The van der Waals surface area contributed by atoms with Gasteiger partial charge in [0.25, 0.3) is 0 Å². The first kappa shape index (κ1) is 24.5. The maximum atomic E-state index is 5.46. The fourth-order valence-electron chi connectivity index (χ4n) is 7.82. The van der Waals surface area contributed by atoms with Crippen LogP contribution < -0.4 is 0 Å². The van der Waals surface area contributed by atoms with Crippen molar-refractivity contribution in [3.8, 4) is 39.5 Å². The molecule has 0 bridgehead atoms. The first-order valence-corrected chi connectivity index (χ1v) is 16.4. The summed E-state index contributed by atoms with van der Waals surface area (Å²) in [6.45, 7) is 0. The molecule has 11 rings (SSSR count). The van der Waals surface area contributed by atoms with Crippen LogP contribution in [0, 0.1) is 0 Å². The predicted molar refractivity (Wildman–Crippen MR) is 194 cm³/mol. The van der Waals surface area contributed by atoms with Crippen molar-refractivity contribution in [1.82, 2.24) is 14.5 Å². The van der Waals surface area contributed by atoms with Crippen molar-refractivity contribution in [2.24, 2.45) is 0 Å². The van der Waals surface area contributed by atoms with Gasteiger partial charge in [-0.1, -0.05) is 115 Å². The van der Waals surface area contributed by atoms with Gasteiger partial charge >= 0.3 is 0 Å². The lowest BCUT2D eigenvalue weighted by molar-refractivity contribution is 1.02. The van der Waals surface area contributed by atoms with Crippen LogP contribution in [-0.4, -0.2) is 14.5 Å². The van der Waals surface area contributed by atoms with Crippen molar-refractivity contribution >= 4 is 75.0 Å². The number of aromatic nitrogens is 3. The van der Waals surface area contributed by atoms with E-state index in [0.29, 0.717) is 5.95 Å². The minimum Gasteiger partial charge on any atom is -0.278 e. The van der Waals surface area contributed by atoms with Gasteiger partial charge in [0, 0.05) is 31.8 Å². The second kappa shape index (κ2) is 8.87. The number of thiophene rings is 1. The van der Waals surface area contributed by atoms with Gasteiger partial charge < -0.3 is 0 Å². The van der Waals surface area contributed by atoms with Crippen LogP contribution in [0.1, 0.15) is 0 Å². The van der Waals surface area contributed by atoms with Crippen molar-refractivity contribution in [2.75, 3.05) is 0 Å². The molecule has 0 N–H and O–H groups in total. The summed E-state index contributed by atoms with van der Waals surface area (Å²) in [7, 11) is 0. The van der Waals surface area contributed by atoms with Crippen LogP contribution in [0.25, 0.3) is 103 Å². The van der Waals surface area contributed by atoms with Crippen molar-refractivity contribution in [3.63, 3.8) is 0 Å². The third-order valence-corrected chi connectivity index (χ3v) is 10.8. The highest BCUT2D eigenvalue weighted by atomic mass is 32.1. The number of rotatable bonds is 2. The normalized spacial score (nSPS) is 12.3. The summed E-state index contributed by atoms with van der Waals surface area (Å²) < 4.78 is 3.52. The Morgan fingerprint density at radius 3 is 1.70 bits per heavy atom. The van der Waals surface area contributed by atoms with Gasteiger partial charge in [-0.3, -0.25) is 4.57 Å². The number of fused-ring (bicyclic) bond motifs is 6. The van der Waals surface area contributed by atoms with Gasteiger partial charge in [-0.05, 0) is 68.1 Å². The minimum absolute atomic E-state index is 0.698. The van der Waals surface area contributed by atoms with Crippen LogP contribution in [0.4, 0.5) is 0 Å². The van der Waals surface area contributed by atoms with Crippen LogP contribution in [-0.2, 0) is 0 Å². The lowest BCUT2D eigenvalue weighted by Gasteiger charge is -2.13. The van der Waals surface area contributed by atoms with Gasteiger partial charge in [0.1, 0.15) is 4.83 Å². The molecule has 0 saturated heterocycles. The topological polar surface area (TPSA) is 30.7 Å². The molecule has 1 aliphatic rings. The largest absolute Gasteiger partial charge is 0.278 e. The molecule has 3 aromatic heterocycles. The van der Waals surface area contributed by atoms with Gasteiger partial charge in [0.15, 0.2) is 0 Å². The highest BCUT2D eigenvalue weighted by molar-refractivity contribution is 7.25. The van der Waals surface area contributed by atoms with E-state index in [1.54, 1.807) is 11.3 Å². The summed E-state index contributed by atoms with van der Waals surface area (Å²) in [5, 5.41) is 9.87. The lowest BCUT2D eigenvalue weighted by atomic mass is 9.93. The number of hydrogen-bond acceptors (Lipinski definition) is 3. The average molecular weight is 602 g/mol. The second-order valence-corrected chi connectivity index (χ2v) is 13.2. The summed E-state index contributed by atoms with van der Waals surface area (Å²) in [4.78, 5) is 11.8. The molecule has 7 aromatic carbocycles. The zero-order valence-electron chi connectivity index (χ0n) is 24.5. The van der Waals surface area contributed by atoms with Crippen molar-refractivity contribution < 1.29 is 0 Å². The third-order valence-electron chi connectivity index (χ3n) is 9.74. The monoisotopic (exact) mass is 601 g/mol. The van der Waals surface area contributed by atoms with Gasteiger partial charge in [0.2, 0.25) is 5.95 Å². The second-order valence-electron chi connectivity index (χ2n) is 12.2. The Hall–Kier alpha value is -5.84. The third kappa shape index (κ3) is 3.16. The highest BCUT2D eigenvalue weighted by Crippen LogP contribution is 2.49. The van der Waals surface area contributed by atoms with E-state index >= 15 is 0 Å². The summed E-state index contributed by atoms with van der Waals surface area (Å²) in [6.07, 6.45) is 0. The molecule has 0 spiro atoms. The van der Waals surface area contributed by atoms with Crippen molar-refractivity contribution in [2.45, 2.75) is 0 Å². The molecule has 212 valence electrons. The molecule has 0 amide bonds.